The molecule has 2 amide bonds. The first-order valence-corrected chi connectivity index (χ1v) is 11.3. The molecule has 2 rings (SSSR count). The second-order valence-electron chi connectivity index (χ2n) is 7.71. The molecule has 2 aromatic rings. The van der Waals surface area contributed by atoms with Crippen LogP contribution >= 0.6 is 45.2 Å². The van der Waals surface area contributed by atoms with Crippen LogP contribution in [0.2, 0.25) is 0 Å². The molecule has 0 heterocycles. The molecule has 1 atom stereocenters. The fourth-order valence-electron chi connectivity index (χ4n) is 2.59. The smallest absolute Gasteiger partial charge is 0.408 e. The van der Waals surface area contributed by atoms with E-state index in [9.17, 15) is 19.1 Å². The van der Waals surface area contributed by atoms with Crippen molar-refractivity contribution in [2.45, 2.75) is 45.8 Å². The number of halogens is 3. The summed E-state index contributed by atoms with van der Waals surface area (Å²) in [5.74, 6) is -0.781. The first-order valence-electron chi connectivity index (χ1n) is 9.09. The van der Waals surface area contributed by atoms with Crippen LogP contribution in [0.3, 0.4) is 0 Å². The highest BCUT2D eigenvalue weighted by atomic mass is 127. The fraction of sp³-hybridized carbons (Fsp3) is 0.333. The summed E-state index contributed by atoms with van der Waals surface area (Å²) < 4.78 is 20.4. The van der Waals surface area contributed by atoms with Crippen molar-refractivity contribution < 1.29 is 23.8 Å². The van der Waals surface area contributed by atoms with E-state index in [0.717, 1.165) is 5.56 Å². The van der Waals surface area contributed by atoms with Gasteiger partial charge in [0.1, 0.15) is 23.2 Å². The van der Waals surface area contributed by atoms with Gasteiger partial charge < -0.3 is 20.5 Å². The van der Waals surface area contributed by atoms with Gasteiger partial charge in [-0.1, -0.05) is 6.07 Å². The topological polar surface area (TPSA) is 87.7 Å². The van der Waals surface area contributed by atoms with Crippen LogP contribution in [0.1, 0.15) is 31.9 Å². The lowest BCUT2D eigenvalue weighted by Crippen LogP contribution is -2.47. The summed E-state index contributed by atoms with van der Waals surface area (Å²) in [6.07, 6.45) is -0.576. The molecule has 0 saturated carbocycles. The Kier molecular flexibility index (Phi) is 8.31. The fourth-order valence-corrected chi connectivity index (χ4v) is 4.49. The van der Waals surface area contributed by atoms with Crippen molar-refractivity contribution in [3.63, 3.8) is 0 Å². The molecular weight excluding hydrogens is 617 g/mol. The minimum absolute atomic E-state index is 0.158. The van der Waals surface area contributed by atoms with Crippen molar-refractivity contribution in [1.82, 2.24) is 5.32 Å². The van der Waals surface area contributed by atoms with E-state index < -0.39 is 29.5 Å². The van der Waals surface area contributed by atoms with Gasteiger partial charge in [-0.3, -0.25) is 4.79 Å². The van der Waals surface area contributed by atoms with Gasteiger partial charge >= 0.3 is 6.09 Å². The van der Waals surface area contributed by atoms with Crippen molar-refractivity contribution in [1.29, 1.82) is 0 Å². The summed E-state index contributed by atoms with van der Waals surface area (Å²) >= 11 is 4.00. The van der Waals surface area contributed by atoms with Crippen LogP contribution in [-0.2, 0) is 16.0 Å². The molecule has 6 nitrogen and oxygen atoms in total. The van der Waals surface area contributed by atoms with Gasteiger partial charge in [-0.2, -0.15) is 0 Å². The molecule has 0 fully saturated rings. The monoisotopic (exact) mass is 640 g/mol. The number of hydrogen-bond acceptors (Lipinski definition) is 4. The Morgan fingerprint density at radius 2 is 1.80 bits per heavy atom. The Hall–Kier alpha value is -1.63. The van der Waals surface area contributed by atoms with Crippen molar-refractivity contribution in [2.24, 2.45) is 0 Å². The van der Waals surface area contributed by atoms with Crippen LogP contribution in [0, 0.1) is 19.9 Å². The van der Waals surface area contributed by atoms with Crippen molar-refractivity contribution in [2.75, 3.05) is 5.32 Å². The maximum atomic E-state index is 13.8. The Balaban J connectivity index is 2.29. The van der Waals surface area contributed by atoms with E-state index in [2.05, 4.69) is 10.6 Å². The predicted octanol–water partition coefficient (Wildman–Crippen LogP) is 5.12. The Bertz CT molecular complexity index is 938. The van der Waals surface area contributed by atoms with Crippen LogP contribution in [0.5, 0.6) is 5.75 Å². The molecule has 2 aromatic carbocycles. The number of phenols is 1. The normalized spacial score (nSPS) is 12.2. The summed E-state index contributed by atoms with van der Waals surface area (Å²) in [6, 6.07) is 6.90. The highest BCUT2D eigenvalue weighted by molar-refractivity contribution is 14.1. The van der Waals surface area contributed by atoms with Crippen molar-refractivity contribution in [3.05, 3.63) is 54.4 Å². The lowest BCUT2D eigenvalue weighted by atomic mass is 10.0. The quantitative estimate of drug-likeness (QED) is 0.396. The van der Waals surface area contributed by atoms with Gasteiger partial charge in [-0.15, -0.1) is 0 Å². The molecule has 0 aliphatic carbocycles. The predicted molar refractivity (Wildman–Crippen MR) is 130 cm³/mol. The Morgan fingerprint density at radius 1 is 1.20 bits per heavy atom. The number of rotatable bonds is 5. The van der Waals surface area contributed by atoms with Crippen LogP contribution in [-0.4, -0.2) is 28.7 Å². The summed E-state index contributed by atoms with van der Waals surface area (Å²) in [7, 11) is 0. The van der Waals surface area contributed by atoms with Crippen molar-refractivity contribution >= 4 is 62.9 Å². The molecule has 0 aliphatic rings. The van der Waals surface area contributed by atoms with E-state index in [1.54, 1.807) is 45.9 Å². The maximum absolute atomic E-state index is 13.8. The summed E-state index contributed by atoms with van der Waals surface area (Å²) in [6.45, 7) is 6.74. The van der Waals surface area contributed by atoms with Gasteiger partial charge in [-0.05, 0) is 103 Å². The third-order valence-corrected chi connectivity index (χ3v) is 5.69. The molecule has 0 unspecified atom stereocenters. The Morgan fingerprint density at radius 3 is 2.37 bits per heavy atom. The number of carbonyl (C=O) groups excluding carboxylic acids is 2. The number of alkyl carbamates (subject to hydrolysis) is 1. The molecule has 3 N–H and O–H groups in total. The van der Waals surface area contributed by atoms with E-state index in [0.29, 0.717) is 18.4 Å². The third-order valence-electron chi connectivity index (χ3n) is 4.05. The van der Waals surface area contributed by atoms with E-state index >= 15 is 0 Å². The third kappa shape index (κ3) is 6.96. The lowest BCUT2D eigenvalue weighted by molar-refractivity contribution is -0.118. The molecule has 0 bridgehead atoms. The zero-order valence-corrected chi connectivity index (χ0v) is 21.3. The van der Waals surface area contributed by atoms with Crippen molar-refractivity contribution in [3.8, 4) is 5.75 Å². The van der Waals surface area contributed by atoms with Crippen LogP contribution < -0.4 is 10.6 Å². The second kappa shape index (κ2) is 10.1. The molecule has 0 radical (unpaired) electrons. The average molecular weight is 640 g/mol. The van der Waals surface area contributed by atoms with Crippen LogP contribution in [0.4, 0.5) is 14.9 Å². The number of carbonyl (C=O) groups is 2. The molecule has 0 aromatic heterocycles. The number of amides is 2. The van der Waals surface area contributed by atoms with E-state index in [1.807, 2.05) is 45.2 Å². The number of anilines is 1. The van der Waals surface area contributed by atoms with Gasteiger partial charge in [0, 0.05) is 17.7 Å². The molecule has 0 aliphatic heterocycles. The maximum Gasteiger partial charge on any atom is 0.408 e. The van der Waals surface area contributed by atoms with Gasteiger partial charge in [0.15, 0.2) is 0 Å². The molecule has 0 spiro atoms. The number of benzene rings is 2. The summed E-state index contributed by atoms with van der Waals surface area (Å²) in [4.78, 5) is 25.3. The van der Waals surface area contributed by atoms with Crippen LogP contribution in [0.15, 0.2) is 30.3 Å². The van der Waals surface area contributed by atoms with Gasteiger partial charge in [0.2, 0.25) is 5.91 Å². The minimum atomic E-state index is -0.973. The van der Waals surface area contributed by atoms with Gasteiger partial charge in [0.25, 0.3) is 0 Å². The molecular formula is C21H23FI2N2O4. The van der Waals surface area contributed by atoms with Crippen LogP contribution in [0.25, 0.3) is 0 Å². The van der Waals surface area contributed by atoms with E-state index in [-0.39, 0.29) is 12.2 Å². The van der Waals surface area contributed by atoms with E-state index in [4.69, 9.17) is 4.74 Å². The number of aromatic hydroxyl groups is 1. The first kappa shape index (κ1) is 24.6. The zero-order valence-electron chi connectivity index (χ0n) is 17.0. The minimum Gasteiger partial charge on any atom is -0.506 e. The Labute approximate surface area is 202 Å². The van der Waals surface area contributed by atoms with Gasteiger partial charge in [0.05, 0.1) is 7.14 Å². The number of nitrogens with one attached hydrogen (secondary N) is 2. The summed E-state index contributed by atoms with van der Waals surface area (Å²) in [5, 5.41) is 15.3. The highest BCUT2D eigenvalue weighted by Gasteiger charge is 2.26. The number of phenolic OH excluding ortho intramolecular Hbond substituents is 1. The van der Waals surface area contributed by atoms with E-state index in [1.165, 1.54) is 12.1 Å². The number of hydrogen-bond donors (Lipinski definition) is 3. The second-order valence-corrected chi connectivity index (χ2v) is 10.0. The zero-order chi connectivity index (χ0) is 22.6. The molecule has 0 saturated heterocycles. The average Bonchev–Trinajstić information content (AvgIpc) is 2.61. The SMILES string of the molecule is Cc1c(F)cccc1NC(=O)[C@@H](Cc1cc(I)c(O)c(I)c1)NC(=O)OC(C)(C)C. The molecule has 30 heavy (non-hydrogen) atoms. The molecule has 162 valence electrons. The first-order chi connectivity index (χ1) is 13.9. The highest BCUT2D eigenvalue weighted by Crippen LogP contribution is 2.28. The largest absolute Gasteiger partial charge is 0.506 e. The standard InChI is InChI=1S/C21H23FI2N2O4/c1-11-13(22)6-5-7-16(11)25-19(28)17(26-20(29)30-21(2,3)4)10-12-8-14(23)18(27)15(24)9-12/h5-9,17,27H,10H2,1-4H3,(H,25,28)(H,26,29)/t17-/m1/s1. The van der Waals surface area contributed by atoms with Gasteiger partial charge in [-0.25, -0.2) is 9.18 Å². The lowest BCUT2D eigenvalue weighted by Gasteiger charge is -2.24. The number of ether oxygens (including phenoxy) is 1. The summed E-state index contributed by atoms with van der Waals surface area (Å²) in [5.41, 5.74) is 0.642. The molecule has 9 heteroatoms.